The highest BCUT2D eigenvalue weighted by Crippen LogP contribution is 2.35. The highest BCUT2D eigenvalue weighted by atomic mass is 15.4. The second kappa shape index (κ2) is 4.53. The molecule has 4 heterocycles. The number of nitrogens with one attached hydrogen (secondary N) is 2. The zero-order chi connectivity index (χ0) is 14.4. The summed E-state index contributed by atoms with van der Waals surface area (Å²) in [6, 6.07) is 2.23. The first-order valence-electron chi connectivity index (χ1n) is 7.51. The summed E-state index contributed by atoms with van der Waals surface area (Å²) in [5.74, 6) is 1.05. The maximum atomic E-state index is 4.80. The van der Waals surface area contributed by atoms with E-state index in [1.165, 1.54) is 12.0 Å². The first-order chi connectivity index (χ1) is 10.2. The number of hydrogen-bond acceptors (Lipinski definition) is 5. The number of hydrogen-bond donors (Lipinski definition) is 2. The van der Waals surface area contributed by atoms with E-state index in [1.54, 1.807) is 11.0 Å². The third-order valence-electron chi connectivity index (χ3n) is 4.67. The minimum absolute atomic E-state index is 0.209. The van der Waals surface area contributed by atoms with Crippen molar-refractivity contribution in [1.29, 1.82) is 0 Å². The summed E-state index contributed by atoms with van der Waals surface area (Å²) >= 11 is 0. The number of anilines is 1. The Morgan fingerprint density at radius 3 is 2.95 bits per heavy atom. The Morgan fingerprint density at radius 2 is 2.24 bits per heavy atom. The van der Waals surface area contributed by atoms with Gasteiger partial charge in [-0.2, -0.15) is 15.0 Å². The molecule has 21 heavy (non-hydrogen) atoms. The molecule has 6 nitrogen and oxygen atoms in total. The fraction of sp³-hybridized carbons (Fsp3) is 0.533. The lowest BCUT2D eigenvalue weighted by atomic mass is 9.86. The fourth-order valence-electron chi connectivity index (χ4n) is 3.43. The second-order valence-corrected chi connectivity index (χ2v) is 6.18. The predicted molar refractivity (Wildman–Crippen MR) is 81.1 cm³/mol. The van der Waals surface area contributed by atoms with Gasteiger partial charge in [-0.25, -0.2) is 4.98 Å². The largest absolute Gasteiger partial charge is 0.363 e. The monoisotopic (exact) mass is 284 g/mol. The van der Waals surface area contributed by atoms with Gasteiger partial charge in [0.1, 0.15) is 11.5 Å². The Morgan fingerprint density at radius 1 is 1.33 bits per heavy atom. The summed E-state index contributed by atoms with van der Waals surface area (Å²) < 4.78 is 0. The first-order valence-corrected chi connectivity index (χ1v) is 7.51. The lowest BCUT2D eigenvalue weighted by molar-refractivity contribution is 0.454. The SMILES string of the molecule is Cc1nc2c(cc1-c1cnn(C)n1)CC[C@@]1(CCNC1)N2. The van der Waals surface area contributed by atoms with Crippen LogP contribution in [-0.2, 0) is 13.5 Å². The van der Waals surface area contributed by atoms with Crippen molar-refractivity contribution in [2.24, 2.45) is 7.05 Å². The van der Waals surface area contributed by atoms with Gasteiger partial charge in [0.05, 0.1) is 11.7 Å². The Kier molecular flexibility index (Phi) is 2.75. The molecular weight excluding hydrogens is 264 g/mol. The number of nitrogens with zero attached hydrogens (tertiary/aromatic N) is 4. The number of fused-ring (bicyclic) bond motifs is 1. The molecule has 0 aromatic carbocycles. The van der Waals surface area contributed by atoms with Gasteiger partial charge in [0.15, 0.2) is 0 Å². The Balaban J connectivity index is 1.72. The van der Waals surface area contributed by atoms with Crippen molar-refractivity contribution in [3.63, 3.8) is 0 Å². The Bertz CT molecular complexity index is 683. The number of pyridine rings is 1. The van der Waals surface area contributed by atoms with Crippen molar-refractivity contribution >= 4 is 5.82 Å². The van der Waals surface area contributed by atoms with Gasteiger partial charge < -0.3 is 10.6 Å². The van der Waals surface area contributed by atoms with Crippen LogP contribution in [0.4, 0.5) is 5.82 Å². The van der Waals surface area contributed by atoms with Crippen molar-refractivity contribution in [3.8, 4) is 11.3 Å². The van der Waals surface area contributed by atoms with E-state index in [4.69, 9.17) is 4.98 Å². The van der Waals surface area contributed by atoms with Crippen molar-refractivity contribution in [3.05, 3.63) is 23.5 Å². The third-order valence-corrected chi connectivity index (χ3v) is 4.67. The lowest BCUT2D eigenvalue weighted by Gasteiger charge is -2.35. The fourth-order valence-corrected chi connectivity index (χ4v) is 3.43. The molecule has 0 amide bonds. The third kappa shape index (κ3) is 2.10. The van der Waals surface area contributed by atoms with Crippen LogP contribution < -0.4 is 10.6 Å². The summed E-state index contributed by atoms with van der Waals surface area (Å²) in [6.07, 6.45) is 5.22. The van der Waals surface area contributed by atoms with Crippen LogP contribution in [0, 0.1) is 6.92 Å². The molecule has 2 aliphatic rings. The standard InChI is InChI=1S/C15H20N6/c1-10-12(13-8-17-21(2)20-13)7-11-3-4-15(5-6-16-9-15)19-14(11)18-10/h7-8,16H,3-6,9H2,1-2H3,(H,18,19)/t15-/m0/s1. The van der Waals surface area contributed by atoms with Crippen LogP contribution in [0.5, 0.6) is 0 Å². The van der Waals surface area contributed by atoms with Crippen LogP contribution in [0.15, 0.2) is 12.3 Å². The topological polar surface area (TPSA) is 67.7 Å². The normalized spacial score (nSPS) is 24.1. The zero-order valence-corrected chi connectivity index (χ0v) is 12.5. The summed E-state index contributed by atoms with van der Waals surface area (Å²) in [7, 11) is 1.84. The summed E-state index contributed by atoms with van der Waals surface area (Å²) in [6.45, 7) is 4.18. The molecule has 2 aromatic heterocycles. The van der Waals surface area contributed by atoms with Crippen LogP contribution in [0.25, 0.3) is 11.3 Å². The van der Waals surface area contributed by atoms with E-state index >= 15 is 0 Å². The maximum absolute atomic E-state index is 4.80. The summed E-state index contributed by atoms with van der Waals surface area (Å²) in [5, 5.41) is 15.7. The average Bonchev–Trinajstić information content (AvgIpc) is 3.08. The minimum atomic E-state index is 0.209. The Hall–Kier alpha value is -1.95. The smallest absolute Gasteiger partial charge is 0.129 e. The molecule has 0 radical (unpaired) electrons. The molecule has 110 valence electrons. The molecule has 2 aliphatic heterocycles. The molecule has 0 bridgehead atoms. The second-order valence-electron chi connectivity index (χ2n) is 6.18. The van der Waals surface area contributed by atoms with E-state index < -0.39 is 0 Å². The zero-order valence-electron chi connectivity index (χ0n) is 12.5. The molecule has 0 unspecified atom stereocenters. The van der Waals surface area contributed by atoms with Crippen molar-refractivity contribution in [2.75, 3.05) is 18.4 Å². The van der Waals surface area contributed by atoms with Crippen LogP contribution in [0.3, 0.4) is 0 Å². The molecule has 1 spiro atoms. The predicted octanol–water partition coefficient (Wildman–Crippen LogP) is 1.28. The molecule has 2 aromatic rings. The average molecular weight is 284 g/mol. The van der Waals surface area contributed by atoms with E-state index in [1.807, 2.05) is 14.0 Å². The number of aryl methyl sites for hydroxylation is 3. The van der Waals surface area contributed by atoms with E-state index in [0.29, 0.717) is 0 Å². The molecular formula is C15H20N6. The van der Waals surface area contributed by atoms with Crippen LogP contribution in [-0.4, -0.2) is 38.6 Å². The molecule has 0 saturated carbocycles. The van der Waals surface area contributed by atoms with Gasteiger partial charge in [0.25, 0.3) is 0 Å². The van der Waals surface area contributed by atoms with E-state index in [-0.39, 0.29) is 5.54 Å². The maximum Gasteiger partial charge on any atom is 0.129 e. The molecule has 1 saturated heterocycles. The lowest BCUT2D eigenvalue weighted by Crippen LogP contribution is -2.44. The minimum Gasteiger partial charge on any atom is -0.363 e. The van der Waals surface area contributed by atoms with Crippen LogP contribution >= 0.6 is 0 Å². The highest BCUT2D eigenvalue weighted by Gasteiger charge is 2.37. The number of rotatable bonds is 1. The summed E-state index contributed by atoms with van der Waals surface area (Å²) in [4.78, 5) is 6.39. The molecule has 1 atom stereocenters. The van der Waals surface area contributed by atoms with Gasteiger partial charge in [-0.3, -0.25) is 0 Å². The summed E-state index contributed by atoms with van der Waals surface area (Å²) in [5.41, 5.74) is 4.49. The van der Waals surface area contributed by atoms with Gasteiger partial charge in [0, 0.05) is 24.8 Å². The van der Waals surface area contributed by atoms with Gasteiger partial charge in [-0.15, -0.1) is 0 Å². The van der Waals surface area contributed by atoms with E-state index in [2.05, 4.69) is 26.9 Å². The quantitative estimate of drug-likeness (QED) is 0.825. The molecule has 6 heteroatoms. The molecule has 1 fully saturated rings. The number of aromatic nitrogens is 4. The van der Waals surface area contributed by atoms with Gasteiger partial charge >= 0.3 is 0 Å². The van der Waals surface area contributed by atoms with Gasteiger partial charge in [0.2, 0.25) is 0 Å². The van der Waals surface area contributed by atoms with E-state index in [9.17, 15) is 0 Å². The van der Waals surface area contributed by atoms with Crippen LogP contribution in [0.2, 0.25) is 0 Å². The van der Waals surface area contributed by atoms with Crippen molar-refractivity contribution in [2.45, 2.75) is 31.7 Å². The first kappa shape index (κ1) is 12.8. The molecule has 4 rings (SSSR count). The Labute approximate surface area is 124 Å². The molecule has 0 aliphatic carbocycles. The van der Waals surface area contributed by atoms with Gasteiger partial charge in [-0.1, -0.05) is 0 Å². The van der Waals surface area contributed by atoms with Gasteiger partial charge in [-0.05, 0) is 44.4 Å². The van der Waals surface area contributed by atoms with Crippen molar-refractivity contribution in [1.82, 2.24) is 25.3 Å². The van der Waals surface area contributed by atoms with Crippen LogP contribution in [0.1, 0.15) is 24.1 Å². The highest BCUT2D eigenvalue weighted by molar-refractivity contribution is 5.66. The van der Waals surface area contributed by atoms with E-state index in [0.717, 1.165) is 48.7 Å². The van der Waals surface area contributed by atoms with Crippen molar-refractivity contribution < 1.29 is 0 Å². The molecule has 2 N–H and O–H groups in total.